The summed E-state index contributed by atoms with van der Waals surface area (Å²) in [6.45, 7) is 12.3. The number of carbonyl (C=O) groups excluding carboxylic acids is 1. The Labute approximate surface area is 250 Å². The summed E-state index contributed by atoms with van der Waals surface area (Å²) in [6, 6.07) is 16.9. The SMILES string of the molecule is Cc1cc(-c2n[nH]c3ncc(-c4ccc(N5CCNCC5)cc4)cc23)ccc1CNC(=O)c1noc(C(C)(C)C)n1.Cl. The minimum atomic E-state index is -0.370. The molecule has 1 fully saturated rings. The zero-order valence-corrected chi connectivity index (χ0v) is 25.0. The molecule has 0 unspecified atom stereocenters. The van der Waals surface area contributed by atoms with E-state index in [-0.39, 0.29) is 29.6 Å². The topological polar surface area (TPSA) is 125 Å². The molecule has 0 atom stereocenters. The van der Waals surface area contributed by atoms with Gasteiger partial charge in [0, 0.05) is 66.5 Å². The van der Waals surface area contributed by atoms with Crippen LogP contribution in [-0.4, -0.2) is 57.4 Å². The number of hydrogen-bond acceptors (Lipinski definition) is 8. The first-order valence-electron chi connectivity index (χ1n) is 13.9. The molecule has 0 saturated carbocycles. The average molecular weight is 587 g/mol. The zero-order chi connectivity index (χ0) is 28.6. The minimum absolute atomic E-state index is 0. The van der Waals surface area contributed by atoms with Gasteiger partial charge in [0.05, 0.1) is 0 Å². The first kappa shape index (κ1) is 29.2. The first-order valence-corrected chi connectivity index (χ1v) is 13.9. The minimum Gasteiger partial charge on any atom is -0.369 e. The average Bonchev–Trinajstić information content (AvgIpc) is 3.65. The van der Waals surface area contributed by atoms with Crippen LogP contribution < -0.4 is 15.5 Å². The summed E-state index contributed by atoms with van der Waals surface area (Å²) in [5.41, 5.74) is 7.66. The predicted molar refractivity (Wildman–Crippen MR) is 166 cm³/mol. The Bertz CT molecular complexity index is 1700. The second kappa shape index (κ2) is 11.9. The van der Waals surface area contributed by atoms with Crippen LogP contribution in [-0.2, 0) is 12.0 Å². The zero-order valence-electron chi connectivity index (χ0n) is 24.2. The number of aromatic amines is 1. The fourth-order valence-corrected chi connectivity index (χ4v) is 4.99. The highest BCUT2D eigenvalue weighted by molar-refractivity contribution is 5.93. The van der Waals surface area contributed by atoms with Crippen LogP contribution in [0.3, 0.4) is 0 Å². The van der Waals surface area contributed by atoms with Crippen LogP contribution in [0.1, 0.15) is 48.4 Å². The maximum atomic E-state index is 12.6. The normalized spacial score (nSPS) is 13.7. The van der Waals surface area contributed by atoms with Gasteiger partial charge < -0.3 is 20.1 Å². The van der Waals surface area contributed by atoms with Crippen molar-refractivity contribution in [2.75, 3.05) is 31.1 Å². The summed E-state index contributed by atoms with van der Waals surface area (Å²) >= 11 is 0. The van der Waals surface area contributed by atoms with Crippen LogP contribution in [0.5, 0.6) is 0 Å². The molecule has 2 aromatic carbocycles. The number of H-pyrrole nitrogens is 1. The molecule has 3 N–H and O–H groups in total. The van der Waals surface area contributed by atoms with Crippen LogP contribution in [0.25, 0.3) is 33.4 Å². The fraction of sp³-hybridized carbons (Fsp3) is 0.323. The maximum absolute atomic E-state index is 12.6. The lowest BCUT2D eigenvalue weighted by atomic mass is 9.97. The molecule has 3 aromatic heterocycles. The largest absolute Gasteiger partial charge is 0.369 e. The molecule has 4 heterocycles. The summed E-state index contributed by atoms with van der Waals surface area (Å²) in [6.07, 6.45) is 1.88. The van der Waals surface area contributed by atoms with E-state index in [1.54, 1.807) is 0 Å². The number of hydrogen-bond donors (Lipinski definition) is 3. The molecule has 0 bridgehead atoms. The molecule has 11 heteroatoms. The van der Waals surface area contributed by atoms with Crippen molar-refractivity contribution < 1.29 is 9.32 Å². The number of rotatable bonds is 6. The van der Waals surface area contributed by atoms with Crippen molar-refractivity contribution in [1.82, 2.24) is 36.0 Å². The highest BCUT2D eigenvalue weighted by atomic mass is 35.5. The van der Waals surface area contributed by atoms with Crippen molar-refractivity contribution in [1.29, 1.82) is 0 Å². The lowest BCUT2D eigenvalue weighted by Gasteiger charge is -2.29. The van der Waals surface area contributed by atoms with Crippen molar-refractivity contribution in [3.05, 3.63) is 77.6 Å². The van der Waals surface area contributed by atoms with Crippen molar-refractivity contribution in [2.24, 2.45) is 0 Å². The van der Waals surface area contributed by atoms with Crippen LogP contribution in [0, 0.1) is 6.92 Å². The number of aromatic nitrogens is 5. The van der Waals surface area contributed by atoms with Crippen LogP contribution in [0.2, 0.25) is 0 Å². The second-order valence-corrected chi connectivity index (χ2v) is 11.5. The van der Waals surface area contributed by atoms with Crippen LogP contribution >= 0.6 is 12.4 Å². The van der Waals surface area contributed by atoms with Gasteiger partial charge in [0.1, 0.15) is 5.69 Å². The molecular weight excluding hydrogens is 552 g/mol. The Kier molecular flexibility index (Phi) is 8.29. The summed E-state index contributed by atoms with van der Waals surface area (Å²) in [7, 11) is 0. The van der Waals surface area contributed by atoms with E-state index in [9.17, 15) is 4.79 Å². The van der Waals surface area contributed by atoms with E-state index < -0.39 is 0 Å². The second-order valence-electron chi connectivity index (χ2n) is 11.5. The number of nitrogens with one attached hydrogen (secondary N) is 3. The quantitative estimate of drug-likeness (QED) is 0.253. The number of benzene rings is 2. The van der Waals surface area contributed by atoms with Gasteiger partial charge in [0.25, 0.3) is 11.7 Å². The lowest BCUT2D eigenvalue weighted by molar-refractivity contribution is 0.0937. The van der Waals surface area contributed by atoms with E-state index in [0.717, 1.165) is 70.7 Å². The van der Waals surface area contributed by atoms with Gasteiger partial charge in [-0.2, -0.15) is 10.1 Å². The Balaban J connectivity index is 0.00000353. The van der Waals surface area contributed by atoms with Crippen molar-refractivity contribution >= 4 is 35.0 Å². The summed E-state index contributed by atoms with van der Waals surface area (Å²) in [4.78, 5) is 23.9. The Hall–Kier alpha value is -4.28. The summed E-state index contributed by atoms with van der Waals surface area (Å²) < 4.78 is 5.24. The molecule has 1 amide bonds. The van der Waals surface area contributed by atoms with Gasteiger partial charge in [-0.25, -0.2) is 4.98 Å². The third-order valence-electron chi connectivity index (χ3n) is 7.43. The monoisotopic (exact) mass is 586 g/mol. The third-order valence-corrected chi connectivity index (χ3v) is 7.43. The van der Waals surface area contributed by atoms with E-state index in [2.05, 4.69) is 77.3 Å². The van der Waals surface area contributed by atoms with Gasteiger partial charge >= 0.3 is 0 Å². The van der Waals surface area contributed by atoms with Crippen LogP contribution in [0.15, 0.2) is 59.3 Å². The Morgan fingerprint density at radius 3 is 2.45 bits per heavy atom. The number of piperazine rings is 1. The molecule has 0 radical (unpaired) electrons. The number of nitrogens with zero attached hydrogens (tertiary/aromatic N) is 5. The van der Waals surface area contributed by atoms with Crippen LogP contribution in [0.4, 0.5) is 5.69 Å². The number of aryl methyl sites for hydroxylation is 1. The third kappa shape index (κ3) is 6.00. The molecule has 42 heavy (non-hydrogen) atoms. The number of pyridine rings is 1. The van der Waals surface area contributed by atoms with Crippen molar-refractivity contribution in [3.63, 3.8) is 0 Å². The van der Waals surface area contributed by atoms with E-state index in [1.165, 1.54) is 5.69 Å². The molecule has 10 nitrogen and oxygen atoms in total. The van der Waals surface area contributed by atoms with Gasteiger partial charge in [0.2, 0.25) is 5.89 Å². The standard InChI is InChI=1S/C31H34N8O2.ClH/c1-19-15-21(5-6-22(19)17-34-29(40)28-35-30(41-38-28)31(2,3)4)26-25-16-23(18-33-27(25)37-36-26)20-7-9-24(10-8-20)39-13-11-32-12-14-39;/h5-10,15-16,18,32H,11-14,17H2,1-4H3,(H,34,40)(H,33,36,37);1H. The predicted octanol–water partition coefficient (Wildman–Crippen LogP) is 5.04. The van der Waals surface area contributed by atoms with Crippen molar-refractivity contribution in [2.45, 2.75) is 39.7 Å². The number of anilines is 1. The maximum Gasteiger partial charge on any atom is 0.292 e. The van der Waals surface area contributed by atoms with Gasteiger partial charge in [0.15, 0.2) is 5.65 Å². The number of amides is 1. The smallest absolute Gasteiger partial charge is 0.292 e. The molecular formula is C31H35ClN8O2. The van der Waals surface area contributed by atoms with E-state index in [0.29, 0.717) is 12.4 Å². The molecule has 0 aliphatic carbocycles. The van der Waals surface area contributed by atoms with E-state index in [4.69, 9.17) is 4.52 Å². The fourth-order valence-electron chi connectivity index (χ4n) is 4.99. The summed E-state index contributed by atoms with van der Waals surface area (Å²) in [5, 5.41) is 18.7. The molecule has 6 rings (SSSR count). The van der Waals surface area contributed by atoms with Crippen molar-refractivity contribution in [3.8, 4) is 22.4 Å². The van der Waals surface area contributed by atoms with E-state index >= 15 is 0 Å². The lowest BCUT2D eigenvalue weighted by Crippen LogP contribution is -2.43. The number of carbonyl (C=O) groups is 1. The highest BCUT2D eigenvalue weighted by Gasteiger charge is 2.24. The molecule has 218 valence electrons. The number of fused-ring (bicyclic) bond motifs is 1. The summed E-state index contributed by atoms with van der Waals surface area (Å²) in [5.74, 6) is 0.0961. The van der Waals surface area contributed by atoms with Gasteiger partial charge in [-0.05, 0) is 47.9 Å². The van der Waals surface area contributed by atoms with Gasteiger partial charge in [-0.15, -0.1) is 12.4 Å². The molecule has 5 aromatic rings. The molecule has 1 aliphatic rings. The Morgan fingerprint density at radius 1 is 1.02 bits per heavy atom. The Morgan fingerprint density at radius 2 is 1.76 bits per heavy atom. The number of halogens is 1. The highest BCUT2D eigenvalue weighted by Crippen LogP contribution is 2.31. The molecule has 1 saturated heterocycles. The van der Waals surface area contributed by atoms with Gasteiger partial charge in [-0.3, -0.25) is 9.89 Å². The van der Waals surface area contributed by atoms with E-state index in [1.807, 2.05) is 46.0 Å². The molecule has 0 spiro atoms. The first-order chi connectivity index (χ1) is 19.8. The van der Waals surface area contributed by atoms with Gasteiger partial charge in [-0.1, -0.05) is 50.2 Å². The molecule has 1 aliphatic heterocycles.